The van der Waals surface area contributed by atoms with Crippen molar-refractivity contribution in [2.45, 2.75) is 27.4 Å². The zero-order valence-electron chi connectivity index (χ0n) is 17.8. The zero-order chi connectivity index (χ0) is 22.2. The summed E-state index contributed by atoms with van der Waals surface area (Å²) in [4.78, 5) is 24.2. The van der Waals surface area contributed by atoms with Crippen molar-refractivity contribution in [3.05, 3.63) is 95.1 Å². The van der Waals surface area contributed by atoms with Gasteiger partial charge in [-0.15, -0.1) is 0 Å². The van der Waals surface area contributed by atoms with E-state index >= 15 is 0 Å². The number of hydrogen-bond acceptors (Lipinski definition) is 4. The van der Waals surface area contributed by atoms with E-state index in [1.807, 2.05) is 80.6 Å². The third kappa shape index (κ3) is 6.27. The molecule has 0 saturated heterocycles. The van der Waals surface area contributed by atoms with Gasteiger partial charge in [0.2, 0.25) is 0 Å². The summed E-state index contributed by atoms with van der Waals surface area (Å²) in [6, 6.07) is 22.9. The molecule has 0 unspecified atom stereocenters. The molecule has 0 aliphatic heterocycles. The number of hydrazone groups is 1. The smallest absolute Gasteiger partial charge is 0.329 e. The van der Waals surface area contributed by atoms with Gasteiger partial charge < -0.3 is 10.1 Å². The molecule has 6 heteroatoms. The first kappa shape index (κ1) is 21.8. The summed E-state index contributed by atoms with van der Waals surface area (Å²) in [5, 5.41) is 6.63. The predicted molar refractivity (Wildman–Crippen MR) is 122 cm³/mol. The van der Waals surface area contributed by atoms with Gasteiger partial charge in [-0.3, -0.25) is 9.59 Å². The van der Waals surface area contributed by atoms with Crippen LogP contribution >= 0.6 is 0 Å². The van der Waals surface area contributed by atoms with Crippen LogP contribution in [0.5, 0.6) is 5.75 Å². The Hall–Kier alpha value is -3.93. The van der Waals surface area contributed by atoms with E-state index in [0.717, 1.165) is 28.0 Å². The van der Waals surface area contributed by atoms with Gasteiger partial charge in [0, 0.05) is 5.69 Å². The molecular formula is C25H25N3O3. The lowest BCUT2D eigenvalue weighted by Crippen LogP contribution is -2.33. The van der Waals surface area contributed by atoms with Gasteiger partial charge in [0.1, 0.15) is 12.4 Å². The van der Waals surface area contributed by atoms with E-state index in [2.05, 4.69) is 15.8 Å². The third-order valence-electron chi connectivity index (χ3n) is 4.68. The first-order chi connectivity index (χ1) is 14.9. The highest BCUT2D eigenvalue weighted by molar-refractivity contribution is 6.39. The summed E-state index contributed by atoms with van der Waals surface area (Å²) in [6.07, 6.45) is 0. The number of amides is 2. The Bertz CT molecular complexity index is 1090. The molecule has 0 aliphatic carbocycles. The Labute approximate surface area is 182 Å². The number of rotatable bonds is 6. The molecule has 0 heterocycles. The standard InChI is InChI=1S/C25H25N3O3/c1-17-9-14-23(18(2)15-17)26-24(29)25(30)28-27-19(3)21-10-12-22(13-11-21)31-16-20-7-5-4-6-8-20/h4-15H,16H2,1-3H3,(H,26,29)(H,28,30)/b27-19+. The Morgan fingerprint density at radius 3 is 2.29 bits per heavy atom. The van der Waals surface area contributed by atoms with Crippen molar-refractivity contribution in [3.63, 3.8) is 0 Å². The molecule has 158 valence electrons. The Morgan fingerprint density at radius 1 is 0.903 bits per heavy atom. The molecule has 2 amide bonds. The molecule has 0 aliphatic rings. The van der Waals surface area contributed by atoms with Crippen LogP contribution < -0.4 is 15.5 Å². The second kappa shape index (κ2) is 10.2. The van der Waals surface area contributed by atoms with Crippen molar-refractivity contribution in [2.24, 2.45) is 5.10 Å². The van der Waals surface area contributed by atoms with Crippen molar-refractivity contribution in [2.75, 3.05) is 5.32 Å². The van der Waals surface area contributed by atoms with Crippen LogP contribution in [0.3, 0.4) is 0 Å². The van der Waals surface area contributed by atoms with Crippen molar-refractivity contribution in [1.82, 2.24) is 5.43 Å². The maximum atomic E-state index is 12.1. The van der Waals surface area contributed by atoms with Gasteiger partial charge in [-0.05, 0) is 67.8 Å². The van der Waals surface area contributed by atoms with Gasteiger partial charge in [-0.2, -0.15) is 5.10 Å². The van der Waals surface area contributed by atoms with Gasteiger partial charge in [0.05, 0.1) is 5.71 Å². The minimum absolute atomic E-state index is 0.485. The van der Waals surface area contributed by atoms with E-state index in [1.165, 1.54) is 0 Å². The van der Waals surface area contributed by atoms with E-state index in [9.17, 15) is 9.59 Å². The summed E-state index contributed by atoms with van der Waals surface area (Å²) < 4.78 is 5.77. The van der Waals surface area contributed by atoms with Crippen LogP contribution in [0.25, 0.3) is 0 Å². The molecule has 2 N–H and O–H groups in total. The lowest BCUT2D eigenvalue weighted by Gasteiger charge is -2.09. The highest BCUT2D eigenvalue weighted by Crippen LogP contribution is 2.16. The third-order valence-corrected chi connectivity index (χ3v) is 4.68. The fourth-order valence-electron chi connectivity index (χ4n) is 2.92. The fourth-order valence-corrected chi connectivity index (χ4v) is 2.92. The number of carbonyl (C=O) groups excluding carboxylic acids is 2. The Morgan fingerprint density at radius 2 is 1.61 bits per heavy atom. The summed E-state index contributed by atoms with van der Waals surface area (Å²) >= 11 is 0. The molecule has 0 bridgehead atoms. The van der Waals surface area contributed by atoms with E-state index in [1.54, 1.807) is 13.0 Å². The number of nitrogens with zero attached hydrogens (tertiary/aromatic N) is 1. The van der Waals surface area contributed by atoms with Crippen LogP contribution in [-0.4, -0.2) is 17.5 Å². The molecule has 3 aromatic rings. The minimum Gasteiger partial charge on any atom is -0.489 e. The number of anilines is 1. The Balaban J connectivity index is 1.54. The first-order valence-electron chi connectivity index (χ1n) is 9.92. The monoisotopic (exact) mass is 415 g/mol. The van der Waals surface area contributed by atoms with E-state index < -0.39 is 11.8 Å². The van der Waals surface area contributed by atoms with Gasteiger partial charge >= 0.3 is 11.8 Å². The van der Waals surface area contributed by atoms with Crippen LogP contribution in [-0.2, 0) is 16.2 Å². The van der Waals surface area contributed by atoms with Gasteiger partial charge in [0.25, 0.3) is 0 Å². The molecule has 0 radical (unpaired) electrons. The van der Waals surface area contributed by atoms with Gasteiger partial charge in [0.15, 0.2) is 0 Å². The average molecular weight is 415 g/mol. The van der Waals surface area contributed by atoms with Gasteiger partial charge in [-0.1, -0.05) is 48.0 Å². The largest absolute Gasteiger partial charge is 0.489 e. The van der Waals surface area contributed by atoms with Crippen LogP contribution in [0.15, 0.2) is 77.9 Å². The van der Waals surface area contributed by atoms with Crippen LogP contribution in [0.1, 0.15) is 29.2 Å². The number of nitrogens with one attached hydrogen (secondary N) is 2. The SMILES string of the molecule is C/C(=N\NC(=O)C(=O)Nc1ccc(C)cc1C)c1ccc(OCc2ccccc2)cc1. The van der Waals surface area contributed by atoms with E-state index in [-0.39, 0.29) is 0 Å². The fraction of sp³-hybridized carbons (Fsp3) is 0.160. The molecule has 6 nitrogen and oxygen atoms in total. The van der Waals surface area contributed by atoms with Crippen molar-refractivity contribution in [1.29, 1.82) is 0 Å². The van der Waals surface area contributed by atoms with Crippen molar-refractivity contribution < 1.29 is 14.3 Å². The molecule has 3 aromatic carbocycles. The van der Waals surface area contributed by atoms with E-state index in [0.29, 0.717) is 18.0 Å². The lowest BCUT2D eigenvalue weighted by atomic mass is 10.1. The predicted octanol–water partition coefficient (Wildman–Crippen LogP) is 4.36. The summed E-state index contributed by atoms with van der Waals surface area (Å²) in [6.45, 7) is 6.07. The van der Waals surface area contributed by atoms with Crippen molar-refractivity contribution in [3.8, 4) is 5.75 Å². The van der Waals surface area contributed by atoms with Gasteiger partial charge in [-0.25, -0.2) is 5.43 Å². The van der Waals surface area contributed by atoms with Crippen LogP contribution in [0, 0.1) is 13.8 Å². The number of ether oxygens (including phenoxy) is 1. The Kier molecular flexibility index (Phi) is 7.17. The quantitative estimate of drug-likeness (QED) is 0.357. The second-order valence-electron chi connectivity index (χ2n) is 7.21. The number of aryl methyl sites for hydroxylation is 2. The van der Waals surface area contributed by atoms with Crippen molar-refractivity contribution >= 4 is 23.2 Å². The molecule has 0 atom stereocenters. The summed E-state index contributed by atoms with van der Waals surface area (Å²) in [5.41, 5.74) is 7.33. The minimum atomic E-state index is -0.831. The van der Waals surface area contributed by atoms with E-state index in [4.69, 9.17) is 4.74 Å². The molecule has 0 saturated carbocycles. The summed E-state index contributed by atoms with van der Waals surface area (Å²) in [5.74, 6) is -0.868. The maximum absolute atomic E-state index is 12.1. The number of benzene rings is 3. The highest BCUT2D eigenvalue weighted by Gasteiger charge is 2.14. The number of carbonyl (C=O) groups is 2. The molecule has 31 heavy (non-hydrogen) atoms. The number of hydrogen-bond donors (Lipinski definition) is 2. The first-order valence-corrected chi connectivity index (χ1v) is 9.92. The molecular weight excluding hydrogens is 390 g/mol. The summed E-state index contributed by atoms with van der Waals surface area (Å²) in [7, 11) is 0. The average Bonchev–Trinajstić information content (AvgIpc) is 2.78. The highest BCUT2D eigenvalue weighted by atomic mass is 16.5. The molecule has 0 aromatic heterocycles. The second-order valence-corrected chi connectivity index (χ2v) is 7.21. The maximum Gasteiger partial charge on any atom is 0.329 e. The van der Waals surface area contributed by atoms with Crippen LogP contribution in [0.4, 0.5) is 5.69 Å². The molecule has 3 rings (SSSR count). The molecule has 0 spiro atoms. The zero-order valence-corrected chi connectivity index (χ0v) is 17.8. The van der Waals surface area contributed by atoms with Crippen LogP contribution in [0.2, 0.25) is 0 Å². The molecule has 0 fully saturated rings. The lowest BCUT2D eigenvalue weighted by molar-refractivity contribution is -0.136. The topological polar surface area (TPSA) is 79.8 Å². The normalized spacial score (nSPS) is 11.0.